The second-order valence-corrected chi connectivity index (χ2v) is 7.64. The van der Waals surface area contributed by atoms with Crippen molar-refractivity contribution in [3.63, 3.8) is 0 Å². The van der Waals surface area contributed by atoms with Crippen LogP contribution in [-0.2, 0) is 12.8 Å². The van der Waals surface area contributed by atoms with E-state index in [1.54, 1.807) is 6.92 Å². The second kappa shape index (κ2) is 6.73. The van der Waals surface area contributed by atoms with Gasteiger partial charge in [-0.1, -0.05) is 66.0 Å². The first-order valence-electron chi connectivity index (χ1n) is 5.09. The third-order valence-corrected chi connectivity index (χ3v) is 4.55. The summed E-state index contributed by atoms with van der Waals surface area (Å²) in [6.45, 7) is 2.20. The number of hydrogen-bond acceptors (Lipinski definition) is 2. The van der Waals surface area contributed by atoms with Gasteiger partial charge < -0.3 is 9.84 Å². The Hall–Kier alpha value is -0.330. The van der Waals surface area contributed by atoms with Crippen molar-refractivity contribution in [3.05, 3.63) is 46.1 Å². The summed E-state index contributed by atoms with van der Waals surface area (Å²) in [4.78, 5) is 11.3. The Morgan fingerprint density at radius 3 is 2.56 bits per heavy atom. The van der Waals surface area contributed by atoms with Crippen LogP contribution in [0.1, 0.15) is 12.5 Å². The molecule has 0 aromatic heterocycles. The van der Waals surface area contributed by atoms with Crippen molar-refractivity contribution >= 4 is 53.8 Å². The fourth-order valence-electron chi connectivity index (χ4n) is 1.29. The number of alkyl halides is 2. The van der Waals surface area contributed by atoms with Gasteiger partial charge in [0.1, 0.15) is 8.81 Å². The lowest BCUT2D eigenvalue weighted by atomic mass is 10.1. The number of ether oxygens (including phenoxy) is 1. The molecule has 1 aromatic carbocycles. The summed E-state index contributed by atoms with van der Waals surface area (Å²) in [6.07, 6.45) is 1.24. The second-order valence-electron chi connectivity index (χ2n) is 3.35. The highest BCUT2D eigenvalue weighted by molar-refractivity contribution is 9.25. The molecule has 1 rings (SSSR count). The Morgan fingerprint density at radius 2 is 2.06 bits per heavy atom. The number of hydrogen-bond donors (Lipinski definition) is 1. The van der Waals surface area contributed by atoms with Crippen molar-refractivity contribution in [2.24, 2.45) is 0 Å². The highest BCUT2D eigenvalue weighted by atomic mass is 79.9. The van der Waals surface area contributed by atoms with Crippen LogP contribution < -0.4 is 0 Å². The van der Waals surface area contributed by atoms with Crippen molar-refractivity contribution in [1.82, 2.24) is 0 Å². The van der Waals surface area contributed by atoms with Crippen molar-refractivity contribution in [3.8, 4) is 0 Å². The van der Waals surface area contributed by atoms with Crippen LogP contribution in [0.5, 0.6) is 0 Å². The molecule has 1 aromatic rings. The van der Waals surface area contributed by atoms with Crippen LogP contribution in [0.15, 0.2) is 40.6 Å². The van der Waals surface area contributed by atoms with Crippen LogP contribution in [0.3, 0.4) is 0 Å². The number of carboxylic acids is 1. The molecular weight excluding hydrogens is 432 g/mol. The zero-order chi connectivity index (χ0) is 13.8. The first-order valence-corrected chi connectivity index (χ1v) is 7.47. The predicted octanol–water partition coefficient (Wildman–Crippen LogP) is 4.40. The molecule has 0 aliphatic rings. The van der Waals surface area contributed by atoms with E-state index in [1.165, 1.54) is 6.26 Å². The molecule has 0 amide bonds. The summed E-state index contributed by atoms with van der Waals surface area (Å²) in [5.41, 5.74) is 0.814. The number of halogens is 3. The maximum atomic E-state index is 11.3. The molecule has 0 aliphatic heterocycles. The molecule has 0 atom stereocenters. The number of carbonyl (C=O) groups is 1. The van der Waals surface area contributed by atoms with Gasteiger partial charge in [0.05, 0.1) is 12.9 Å². The maximum Gasteiger partial charge on any atom is 0.337 e. The number of carboxylic acid groups (broad SMARTS) is 1. The van der Waals surface area contributed by atoms with Gasteiger partial charge in [-0.2, -0.15) is 0 Å². The number of aliphatic carboxylic acids is 1. The summed E-state index contributed by atoms with van der Waals surface area (Å²) in [6, 6.07) is 7.34. The van der Waals surface area contributed by atoms with Crippen LogP contribution in [0.2, 0.25) is 0 Å². The summed E-state index contributed by atoms with van der Waals surface area (Å²) >= 11 is 10.2. The van der Waals surface area contributed by atoms with Crippen LogP contribution in [-0.4, -0.2) is 17.7 Å². The topological polar surface area (TPSA) is 46.5 Å². The van der Waals surface area contributed by atoms with E-state index in [2.05, 4.69) is 47.8 Å². The summed E-state index contributed by atoms with van der Waals surface area (Å²) in [5.74, 6) is -1.06. The molecule has 6 heteroatoms. The SMILES string of the molecule is CCOC=C(C(=O)O)C(Br)(Br)c1ccccc1Br. The maximum absolute atomic E-state index is 11.3. The Labute approximate surface area is 131 Å². The molecule has 1 N–H and O–H groups in total. The van der Waals surface area contributed by atoms with Crippen molar-refractivity contribution < 1.29 is 14.6 Å². The highest BCUT2D eigenvalue weighted by Crippen LogP contribution is 2.47. The Morgan fingerprint density at radius 1 is 1.44 bits per heavy atom. The lowest BCUT2D eigenvalue weighted by molar-refractivity contribution is -0.133. The predicted molar refractivity (Wildman–Crippen MR) is 81.0 cm³/mol. The van der Waals surface area contributed by atoms with Gasteiger partial charge in [-0.25, -0.2) is 4.79 Å². The van der Waals surface area contributed by atoms with E-state index in [-0.39, 0.29) is 5.57 Å². The molecule has 0 radical (unpaired) electrons. The van der Waals surface area contributed by atoms with Gasteiger partial charge in [0, 0.05) is 4.47 Å². The number of benzene rings is 1. The van der Waals surface area contributed by atoms with E-state index in [4.69, 9.17) is 4.74 Å². The minimum Gasteiger partial charge on any atom is -0.501 e. The molecule has 3 nitrogen and oxygen atoms in total. The lowest BCUT2D eigenvalue weighted by Crippen LogP contribution is -2.20. The molecule has 0 unspecified atom stereocenters. The van der Waals surface area contributed by atoms with Crippen molar-refractivity contribution in [1.29, 1.82) is 0 Å². The smallest absolute Gasteiger partial charge is 0.337 e. The molecule has 0 spiro atoms. The molecule has 0 aliphatic carbocycles. The van der Waals surface area contributed by atoms with Crippen LogP contribution in [0.25, 0.3) is 0 Å². The Bertz CT molecular complexity index is 469. The molecule has 0 bridgehead atoms. The summed E-state index contributed by atoms with van der Waals surface area (Å²) in [7, 11) is 0. The fourth-order valence-corrected chi connectivity index (χ4v) is 3.62. The zero-order valence-corrected chi connectivity index (χ0v) is 14.2. The monoisotopic (exact) mass is 440 g/mol. The molecule has 18 heavy (non-hydrogen) atoms. The zero-order valence-electron chi connectivity index (χ0n) is 9.49. The average Bonchev–Trinajstić information content (AvgIpc) is 2.29. The molecule has 0 saturated carbocycles. The van der Waals surface area contributed by atoms with E-state index in [0.29, 0.717) is 6.61 Å². The fraction of sp³-hybridized carbons (Fsp3) is 0.250. The normalized spacial score (nSPS) is 12.3. The van der Waals surface area contributed by atoms with E-state index >= 15 is 0 Å². The first-order chi connectivity index (χ1) is 8.41. The molecule has 0 heterocycles. The Balaban J connectivity index is 3.25. The molecule has 0 fully saturated rings. The van der Waals surface area contributed by atoms with Gasteiger partial charge in [0.25, 0.3) is 0 Å². The minimum absolute atomic E-state index is 0.0660. The van der Waals surface area contributed by atoms with Crippen LogP contribution in [0.4, 0.5) is 0 Å². The van der Waals surface area contributed by atoms with E-state index in [9.17, 15) is 9.90 Å². The van der Waals surface area contributed by atoms with Crippen LogP contribution in [0, 0.1) is 0 Å². The number of rotatable bonds is 5. The van der Waals surface area contributed by atoms with E-state index < -0.39 is 9.20 Å². The van der Waals surface area contributed by atoms with Crippen LogP contribution >= 0.6 is 47.8 Å². The van der Waals surface area contributed by atoms with Gasteiger partial charge in [-0.15, -0.1) is 0 Å². The third kappa shape index (κ3) is 3.59. The minimum atomic E-state index is -1.06. The van der Waals surface area contributed by atoms with E-state index in [1.807, 2.05) is 24.3 Å². The quantitative estimate of drug-likeness (QED) is 0.418. The highest BCUT2D eigenvalue weighted by Gasteiger charge is 2.36. The van der Waals surface area contributed by atoms with Gasteiger partial charge in [0.15, 0.2) is 0 Å². The summed E-state index contributed by atoms with van der Waals surface area (Å²) < 4.78 is 4.87. The average molecular weight is 443 g/mol. The van der Waals surface area contributed by atoms with Gasteiger partial charge in [0.2, 0.25) is 0 Å². The van der Waals surface area contributed by atoms with Gasteiger partial charge in [-0.3, -0.25) is 0 Å². The third-order valence-electron chi connectivity index (χ3n) is 2.15. The molecule has 0 saturated heterocycles. The van der Waals surface area contributed by atoms with Crippen molar-refractivity contribution in [2.75, 3.05) is 6.61 Å². The van der Waals surface area contributed by atoms with E-state index in [0.717, 1.165) is 10.0 Å². The van der Waals surface area contributed by atoms with Gasteiger partial charge >= 0.3 is 5.97 Å². The summed E-state index contributed by atoms with van der Waals surface area (Å²) in [5, 5.41) is 9.26. The first kappa shape index (κ1) is 15.7. The lowest BCUT2D eigenvalue weighted by Gasteiger charge is -2.23. The molecule has 98 valence electrons. The largest absolute Gasteiger partial charge is 0.501 e. The standard InChI is InChI=1S/C12H11Br3O3/c1-2-18-7-9(11(16)17)12(14,15)8-5-3-4-6-10(8)13/h3-7H,2H2,1H3,(H,16,17). The molecular formula is C12H11Br3O3. The van der Waals surface area contributed by atoms with Gasteiger partial charge in [-0.05, 0) is 18.6 Å². The Kier molecular flexibility index (Phi) is 5.88. The van der Waals surface area contributed by atoms with Crippen molar-refractivity contribution in [2.45, 2.75) is 10.2 Å².